The summed E-state index contributed by atoms with van der Waals surface area (Å²) in [6.07, 6.45) is 0. The van der Waals surface area contributed by atoms with Gasteiger partial charge in [0.05, 0.1) is 17.5 Å². The molecular formula is C20H20N4O4. The molecule has 0 saturated heterocycles. The zero-order chi connectivity index (χ0) is 20.3. The lowest BCUT2D eigenvalue weighted by molar-refractivity contribution is -0.143. The quantitative estimate of drug-likeness (QED) is 0.535. The molecule has 0 aliphatic rings. The Bertz CT molecular complexity index is 1000. The van der Waals surface area contributed by atoms with Gasteiger partial charge in [-0.25, -0.2) is 4.79 Å². The lowest BCUT2D eigenvalue weighted by Gasteiger charge is -2.16. The van der Waals surface area contributed by atoms with Crippen molar-refractivity contribution >= 4 is 11.9 Å². The van der Waals surface area contributed by atoms with Crippen molar-refractivity contribution in [2.24, 2.45) is 5.41 Å². The molecule has 0 bridgehead atoms. The van der Waals surface area contributed by atoms with Gasteiger partial charge in [-0.15, -0.1) is 10.2 Å². The monoisotopic (exact) mass is 380 g/mol. The Kier molecular flexibility index (Phi) is 5.21. The number of nitrogens with zero attached hydrogens (tertiary/aromatic N) is 4. The SMILES string of the molecule is CC(C)(C)C(=O)Oc1ccc(-c2nnn(Cc3ccccc3C(=O)O)n2)cc1. The molecule has 0 atom stereocenters. The van der Waals surface area contributed by atoms with Gasteiger partial charge in [-0.05, 0) is 61.9 Å². The van der Waals surface area contributed by atoms with Gasteiger partial charge in [0, 0.05) is 5.56 Å². The van der Waals surface area contributed by atoms with E-state index in [9.17, 15) is 14.7 Å². The van der Waals surface area contributed by atoms with Crippen molar-refractivity contribution in [1.29, 1.82) is 0 Å². The zero-order valence-electron chi connectivity index (χ0n) is 15.8. The highest BCUT2D eigenvalue weighted by atomic mass is 16.5. The standard InChI is InChI=1S/C20H20N4O4/c1-20(2,3)19(27)28-15-10-8-13(9-11-15)17-21-23-24(22-17)12-14-6-4-5-7-16(14)18(25)26/h4-11H,12H2,1-3H3,(H,25,26). The minimum atomic E-state index is -1.00. The summed E-state index contributed by atoms with van der Waals surface area (Å²) < 4.78 is 5.33. The summed E-state index contributed by atoms with van der Waals surface area (Å²) in [7, 11) is 0. The zero-order valence-corrected chi connectivity index (χ0v) is 15.8. The smallest absolute Gasteiger partial charge is 0.336 e. The number of aromatic nitrogens is 4. The Morgan fingerprint density at radius 2 is 1.75 bits per heavy atom. The van der Waals surface area contributed by atoms with Crippen LogP contribution in [0.25, 0.3) is 11.4 Å². The molecule has 0 spiro atoms. The van der Waals surface area contributed by atoms with Crippen LogP contribution in [-0.4, -0.2) is 37.3 Å². The van der Waals surface area contributed by atoms with Crippen molar-refractivity contribution in [3.63, 3.8) is 0 Å². The highest BCUT2D eigenvalue weighted by molar-refractivity contribution is 5.89. The molecule has 0 saturated carbocycles. The molecule has 2 aromatic carbocycles. The summed E-state index contributed by atoms with van der Waals surface area (Å²) in [4.78, 5) is 24.6. The highest BCUT2D eigenvalue weighted by Crippen LogP contribution is 2.22. The van der Waals surface area contributed by atoms with E-state index in [1.807, 2.05) is 0 Å². The minimum Gasteiger partial charge on any atom is -0.478 e. The summed E-state index contributed by atoms with van der Waals surface area (Å²) in [5.41, 5.74) is 0.901. The van der Waals surface area contributed by atoms with E-state index < -0.39 is 11.4 Å². The first-order chi connectivity index (χ1) is 13.2. The van der Waals surface area contributed by atoms with Gasteiger partial charge in [-0.1, -0.05) is 18.2 Å². The Hall–Kier alpha value is -3.55. The number of carboxylic acid groups (broad SMARTS) is 1. The molecule has 0 unspecified atom stereocenters. The Morgan fingerprint density at radius 1 is 1.07 bits per heavy atom. The van der Waals surface area contributed by atoms with Crippen molar-refractivity contribution in [2.45, 2.75) is 27.3 Å². The molecule has 0 aliphatic carbocycles. The number of carbonyl (C=O) groups excluding carboxylic acids is 1. The minimum absolute atomic E-state index is 0.191. The highest BCUT2D eigenvalue weighted by Gasteiger charge is 2.23. The van der Waals surface area contributed by atoms with E-state index in [2.05, 4.69) is 15.4 Å². The van der Waals surface area contributed by atoms with Crippen molar-refractivity contribution < 1.29 is 19.4 Å². The van der Waals surface area contributed by atoms with Gasteiger partial charge in [0.1, 0.15) is 5.75 Å². The lowest BCUT2D eigenvalue weighted by Crippen LogP contribution is -2.25. The fraction of sp³-hybridized carbons (Fsp3) is 0.250. The number of rotatable bonds is 5. The molecule has 1 aromatic heterocycles. The van der Waals surface area contributed by atoms with E-state index in [0.717, 1.165) is 0 Å². The second-order valence-electron chi connectivity index (χ2n) is 7.27. The first kappa shape index (κ1) is 19.2. The summed E-state index contributed by atoms with van der Waals surface area (Å²) in [6, 6.07) is 13.5. The second-order valence-corrected chi connectivity index (χ2v) is 7.27. The van der Waals surface area contributed by atoms with Gasteiger partial charge in [-0.3, -0.25) is 4.79 Å². The summed E-state index contributed by atoms with van der Waals surface area (Å²) in [5, 5.41) is 21.6. The number of hydrogen-bond donors (Lipinski definition) is 1. The topological polar surface area (TPSA) is 107 Å². The van der Waals surface area contributed by atoms with Crippen LogP contribution in [0.3, 0.4) is 0 Å². The molecule has 8 heteroatoms. The average Bonchev–Trinajstić information content (AvgIpc) is 3.10. The predicted molar refractivity (Wildman–Crippen MR) is 101 cm³/mol. The van der Waals surface area contributed by atoms with Crippen molar-refractivity contribution in [3.8, 4) is 17.1 Å². The number of carboxylic acids is 1. The summed E-state index contributed by atoms with van der Waals surface area (Å²) in [6.45, 7) is 5.55. The van der Waals surface area contributed by atoms with Crippen LogP contribution in [-0.2, 0) is 11.3 Å². The van der Waals surface area contributed by atoms with Crippen LogP contribution in [0, 0.1) is 5.41 Å². The van der Waals surface area contributed by atoms with Crippen molar-refractivity contribution in [1.82, 2.24) is 20.2 Å². The van der Waals surface area contributed by atoms with Gasteiger partial charge in [0.25, 0.3) is 0 Å². The number of ether oxygens (including phenoxy) is 1. The molecule has 0 fully saturated rings. The Labute approximate surface area is 161 Å². The number of hydrogen-bond acceptors (Lipinski definition) is 6. The van der Waals surface area contributed by atoms with E-state index in [-0.39, 0.29) is 18.1 Å². The summed E-state index contributed by atoms with van der Waals surface area (Å²) >= 11 is 0. The third-order valence-electron chi connectivity index (χ3n) is 3.95. The molecule has 28 heavy (non-hydrogen) atoms. The molecule has 0 amide bonds. The summed E-state index contributed by atoms with van der Waals surface area (Å²) in [5.74, 6) is -0.495. The van der Waals surface area contributed by atoms with Gasteiger partial charge in [0.15, 0.2) is 0 Å². The number of carbonyl (C=O) groups is 2. The van der Waals surface area contributed by atoms with E-state index >= 15 is 0 Å². The molecule has 144 valence electrons. The largest absolute Gasteiger partial charge is 0.478 e. The van der Waals surface area contributed by atoms with Gasteiger partial charge < -0.3 is 9.84 Å². The number of esters is 1. The normalized spacial score (nSPS) is 11.2. The van der Waals surface area contributed by atoms with Crippen LogP contribution in [0.15, 0.2) is 48.5 Å². The van der Waals surface area contributed by atoms with E-state index in [4.69, 9.17) is 4.74 Å². The number of tetrazole rings is 1. The molecular weight excluding hydrogens is 360 g/mol. The van der Waals surface area contributed by atoms with Crippen LogP contribution < -0.4 is 4.74 Å². The van der Waals surface area contributed by atoms with Crippen LogP contribution in [0.4, 0.5) is 0 Å². The van der Waals surface area contributed by atoms with Gasteiger partial charge >= 0.3 is 11.9 Å². The second kappa shape index (κ2) is 7.59. The predicted octanol–water partition coefficient (Wildman–Crippen LogP) is 3.04. The maximum Gasteiger partial charge on any atom is 0.336 e. The Morgan fingerprint density at radius 3 is 2.39 bits per heavy atom. The molecule has 1 N–H and O–H groups in total. The van der Waals surface area contributed by atoms with Crippen LogP contribution in [0.1, 0.15) is 36.7 Å². The lowest BCUT2D eigenvalue weighted by atomic mass is 9.97. The number of aromatic carboxylic acids is 1. The first-order valence-corrected chi connectivity index (χ1v) is 8.66. The third kappa shape index (κ3) is 4.40. The number of benzene rings is 2. The molecule has 3 aromatic rings. The van der Waals surface area contributed by atoms with Crippen LogP contribution in [0.2, 0.25) is 0 Å². The molecule has 8 nitrogen and oxygen atoms in total. The molecule has 0 aliphatic heterocycles. The third-order valence-corrected chi connectivity index (χ3v) is 3.95. The van der Waals surface area contributed by atoms with Crippen LogP contribution >= 0.6 is 0 Å². The average molecular weight is 380 g/mol. The van der Waals surface area contributed by atoms with Gasteiger partial charge in [-0.2, -0.15) is 4.80 Å². The molecule has 1 heterocycles. The Balaban J connectivity index is 1.74. The van der Waals surface area contributed by atoms with E-state index in [1.165, 1.54) is 10.9 Å². The first-order valence-electron chi connectivity index (χ1n) is 8.66. The fourth-order valence-corrected chi connectivity index (χ4v) is 2.38. The fourth-order valence-electron chi connectivity index (χ4n) is 2.38. The van der Waals surface area contributed by atoms with Crippen molar-refractivity contribution in [3.05, 3.63) is 59.7 Å². The maximum absolute atomic E-state index is 11.9. The molecule has 0 radical (unpaired) electrons. The van der Waals surface area contributed by atoms with Crippen molar-refractivity contribution in [2.75, 3.05) is 0 Å². The maximum atomic E-state index is 11.9. The van der Waals surface area contributed by atoms with E-state index in [0.29, 0.717) is 22.7 Å². The van der Waals surface area contributed by atoms with E-state index in [1.54, 1.807) is 63.2 Å². The molecule has 3 rings (SSSR count). The van der Waals surface area contributed by atoms with Gasteiger partial charge in [0.2, 0.25) is 5.82 Å². The van der Waals surface area contributed by atoms with Crippen LogP contribution in [0.5, 0.6) is 5.75 Å².